The van der Waals surface area contributed by atoms with E-state index in [2.05, 4.69) is 4.72 Å². The number of nitrogens with zero attached hydrogens (tertiary/aromatic N) is 1. The first-order valence-corrected chi connectivity index (χ1v) is 9.23. The molecular weight excluding hydrogens is 300 g/mol. The zero-order valence-electron chi connectivity index (χ0n) is 13.2. The maximum Gasteiger partial charge on any atom is 0.240 e. The lowest BCUT2D eigenvalue weighted by atomic mass is 10.1. The van der Waals surface area contributed by atoms with Crippen molar-refractivity contribution < 1.29 is 13.2 Å². The van der Waals surface area contributed by atoms with Crippen LogP contribution in [0.3, 0.4) is 0 Å². The van der Waals surface area contributed by atoms with E-state index in [9.17, 15) is 13.2 Å². The molecule has 6 heteroatoms. The smallest absolute Gasteiger partial charge is 0.240 e. The molecule has 1 aliphatic heterocycles. The second-order valence-electron chi connectivity index (χ2n) is 6.12. The first-order valence-electron chi connectivity index (χ1n) is 7.75. The lowest BCUT2D eigenvalue weighted by Gasteiger charge is -2.15. The normalized spacial score (nSPS) is 15.8. The number of amides is 1. The van der Waals surface area contributed by atoms with Crippen molar-refractivity contribution in [3.05, 3.63) is 29.8 Å². The third-order valence-corrected chi connectivity index (χ3v) is 5.20. The molecule has 1 aromatic rings. The van der Waals surface area contributed by atoms with Gasteiger partial charge < -0.3 is 4.90 Å². The van der Waals surface area contributed by atoms with Gasteiger partial charge in [0, 0.05) is 26.1 Å². The van der Waals surface area contributed by atoms with Crippen LogP contribution in [0.5, 0.6) is 0 Å². The number of carbonyl (C=O) groups excluding carboxylic acids is 1. The quantitative estimate of drug-likeness (QED) is 0.831. The van der Waals surface area contributed by atoms with Crippen molar-refractivity contribution in [3.63, 3.8) is 0 Å². The molecule has 1 fully saturated rings. The van der Waals surface area contributed by atoms with Crippen LogP contribution in [0.15, 0.2) is 29.2 Å². The Balaban J connectivity index is 1.93. The summed E-state index contributed by atoms with van der Waals surface area (Å²) in [7, 11) is -3.43. The highest BCUT2D eigenvalue weighted by molar-refractivity contribution is 7.89. The summed E-state index contributed by atoms with van der Waals surface area (Å²) in [5.74, 6) is 0.490. The monoisotopic (exact) mass is 324 g/mol. The molecule has 1 aromatic carbocycles. The Morgan fingerprint density at radius 3 is 2.45 bits per heavy atom. The number of sulfonamides is 1. The Bertz CT molecular complexity index is 609. The highest BCUT2D eigenvalue weighted by Gasteiger charge is 2.19. The summed E-state index contributed by atoms with van der Waals surface area (Å²) >= 11 is 0. The van der Waals surface area contributed by atoms with Crippen molar-refractivity contribution >= 4 is 15.9 Å². The Kier molecular flexibility index (Phi) is 5.58. The molecule has 0 aromatic heterocycles. The van der Waals surface area contributed by atoms with Gasteiger partial charge in [0.15, 0.2) is 0 Å². The number of rotatable bonds is 7. The molecule has 0 unspecified atom stereocenters. The highest BCUT2D eigenvalue weighted by atomic mass is 32.2. The molecule has 1 amide bonds. The molecule has 22 heavy (non-hydrogen) atoms. The van der Waals surface area contributed by atoms with E-state index < -0.39 is 10.0 Å². The van der Waals surface area contributed by atoms with Gasteiger partial charge in [-0.05, 0) is 36.5 Å². The fourth-order valence-electron chi connectivity index (χ4n) is 2.40. The van der Waals surface area contributed by atoms with Crippen LogP contribution in [0.25, 0.3) is 0 Å². The average Bonchev–Trinajstić information content (AvgIpc) is 2.89. The SMILES string of the molecule is CC(C)CNS(=O)(=O)c1ccc(CCN2CCCC2=O)cc1. The van der Waals surface area contributed by atoms with Crippen LogP contribution in [-0.4, -0.2) is 38.9 Å². The summed E-state index contributed by atoms with van der Waals surface area (Å²) in [5.41, 5.74) is 1.04. The van der Waals surface area contributed by atoms with Crippen molar-refractivity contribution in [1.29, 1.82) is 0 Å². The number of hydrogen-bond acceptors (Lipinski definition) is 3. The molecule has 0 aliphatic carbocycles. The molecule has 0 saturated carbocycles. The first-order chi connectivity index (χ1) is 10.4. The maximum absolute atomic E-state index is 12.1. The van der Waals surface area contributed by atoms with E-state index in [0.717, 1.165) is 24.9 Å². The van der Waals surface area contributed by atoms with E-state index in [0.29, 0.717) is 19.5 Å². The van der Waals surface area contributed by atoms with Gasteiger partial charge >= 0.3 is 0 Å². The third-order valence-electron chi connectivity index (χ3n) is 3.76. The predicted octanol–water partition coefficient (Wildman–Crippen LogP) is 1.79. The van der Waals surface area contributed by atoms with Crippen LogP contribution in [0.2, 0.25) is 0 Å². The zero-order valence-corrected chi connectivity index (χ0v) is 14.0. The maximum atomic E-state index is 12.1. The summed E-state index contributed by atoms with van der Waals surface area (Å²) < 4.78 is 26.8. The molecule has 1 heterocycles. The number of carbonyl (C=O) groups is 1. The summed E-state index contributed by atoms with van der Waals surface area (Å²) in [4.78, 5) is 13.7. The van der Waals surface area contributed by atoms with Gasteiger partial charge in [-0.3, -0.25) is 4.79 Å². The topological polar surface area (TPSA) is 66.5 Å². The minimum Gasteiger partial charge on any atom is -0.342 e. The van der Waals surface area contributed by atoms with E-state index in [1.807, 2.05) is 30.9 Å². The van der Waals surface area contributed by atoms with E-state index in [4.69, 9.17) is 0 Å². The van der Waals surface area contributed by atoms with Gasteiger partial charge in [0.2, 0.25) is 15.9 Å². The van der Waals surface area contributed by atoms with Crippen molar-refractivity contribution in [3.8, 4) is 0 Å². The second-order valence-corrected chi connectivity index (χ2v) is 7.89. The largest absolute Gasteiger partial charge is 0.342 e. The van der Waals surface area contributed by atoms with E-state index >= 15 is 0 Å². The predicted molar refractivity (Wildman–Crippen MR) is 86.0 cm³/mol. The number of benzene rings is 1. The molecule has 122 valence electrons. The lowest BCUT2D eigenvalue weighted by Crippen LogP contribution is -2.27. The second kappa shape index (κ2) is 7.24. The minimum atomic E-state index is -3.43. The van der Waals surface area contributed by atoms with Crippen LogP contribution in [0.1, 0.15) is 32.3 Å². The van der Waals surface area contributed by atoms with E-state index in [1.54, 1.807) is 12.1 Å². The van der Waals surface area contributed by atoms with Gasteiger partial charge in [-0.15, -0.1) is 0 Å². The lowest BCUT2D eigenvalue weighted by molar-refractivity contribution is -0.127. The molecule has 2 rings (SSSR count). The van der Waals surface area contributed by atoms with Gasteiger partial charge in [-0.25, -0.2) is 13.1 Å². The Hall–Kier alpha value is -1.40. The summed E-state index contributed by atoms with van der Waals surface area (Å²) in [5, 5.41) is 0. The van der Waals surface area contributed by atoms with Crippen LogP contribution in [0.4, 0.5) is 0 Å². The van der Waals surface area contributed by atoms with E-state index in [-0.39, 0.29) is 16.7 Å². The van der Waals surface area contributed by atoms with Gasteiger partial charge in [0.25, 0.3) is 0 Å². The summed E-state index contributed by atoms with van der Waals surface area (Å²) in [6.07, 6.45) is 2.35. The van der Waals surface area contributed by atoms with Gasteiger partial charge in [-0.2, -0.15) is 0 Å². The van der Waals surface area contributed by atoms with Crippen molar-refractivity contribution in [2.24, 2.45) is 5.92 Å². The molecular formula is C16H24N2O3S. The van der Waals surface area contributed by atoms with Crippen LogP contribution >= 0.6 is 0 Å². The number of nitrogens with one attached hydrogen (secondary N) is 1. The first kappa shape index (κ1) is 17.0. The summed E-state index contributed by atoms with van der Waals surface area (Å²) in [6, 6.07) is 6.91. The fourth-order valence-corrected chi connectivity index (χ4v) is 3.61. The average molecular weight is 324 g/mol. The van der Waals surface area contributed by atoms with Crippen molar-refractivity contribution in [2.75, 3.05) is 19.6 Å². The molecule has 5 nitrogen and oxygen atoms in total. The van der Waals surface area contributed by atoms with E-state index in [1.165, 1.54) is 0 Å². The van der Waals surface area contributed by atoms with Gasteiger partial charge in [0.1, 0.15) is 0 Å². The Labute approximate surface area is 132 Å². The minimum absolute atomic E-state index is 0.220. The van der Waals surface area contributed by atoms with Crippen LogP contribution in [0, 0.1) is 5.92 Å². The zero-order chi connectivity index (χ0) is 16.2. The Morgan fingerprint density at radius 1 is 1.23 bits per heavy atom. The molecule has 0 atom stereocenters. The molecule has 0 radical (unpaired) electrons. The Morgan fingerprint density at radius 2 is 1.91 bits per heavy atom. The van der Waals surface area contributed by atoms with Crippen LogP contribution < -0.4 is 4.72 Å². The molecule has 1 saturated heterocycles. The number of hydrogen-bond donors (Lipinski definition) is 1. The summed E-state index contributed by atoms with van der Waals surface area (Å²) in [6.45, 7) is 5.90. The molecule has 1 aliphatic rings. The standard InChI is InChI=1S/C16H24N2O3S/c1-13(2)12-17-22(20,21)15-7-5-14(6-8-15)9-11-18-10-3-4-16(18)19/h5-8,13,17H,3-4,9-12H2,1-2H3. The third kappa shape index (κ3) is 4.55. The van der Waals surface area contributed by atoms with Crippen molar-refractivity contribution in [2.45, 2.75) is 38.0 Å². The number of likely N-dealkylation sites (tertiary alicyclic amines) is 1. The highest BCUT2D eigenvalue weighted by Crippen LogP contribution is 2.14. The molecule has 1 N–H and O–H groups in total. The van der Waals surface area contributed by atoms with Crippen molar-refractivity contribution in [1.82, 2.24) is 9.62 Å². The molecule has 0 bridgehead atoms. The van der Waals surface area contributed by atoms with Crippen LogP contribution in [-0.2, 0) is 21.2 Å². The molecule has 0 spiro atoms. The van der Waals surface area contributed by atoms with Gasteiger partial charge in [-0.1, -0.05) is 26.0 Å². The van der Waals surface area contributed by atoms with Gasteiger partial charge in [0.05, 0.1) is 4.90 Å². The fraction of sp³-hybridized carbons (Fsp3) is 0.562.